The standard InChI is InChI=1S/C48H68N4O5/c1-2-3-4-5-6-7-8-9-10-11-12-13-17-20-45(54)49-34-38-21-27-41(28-22-38)46-56-43(33-44(57-46)40-25-23-39(36-53)24-26-40)35-51-31-29-48(30-32-51)47(55)50-37-52(48)42-18-15-14-16-19-42/h14-16,18-19,21-28,43-44,46,53H,2-13,17,20,29-37H2,1H3,(H,49,54)(H,50,55). The first-order valence-electron chi connectivity index (χ1n) is 22.2. The van der Waals surface area contributed by atoms with E-state index >= 15 is 0 Å². The van der Waals surface area contributed by atoms with E-state index in [1.807, 2.05) is 42.5 Å². The summed E-state index contributed by atoms with van der Waals surface area (Å²) in [6.07, 6.45) is 18.9. The Kier molecular flexibility index (Phi) is 16.8. The summed E-state index contributed by atoms with van der Waals surface area (Å²) in [6.45, 7) is 5.67. The van der Waals surface area contributed by atoms with Crippen molar-refractivity contribution >= 4 is 17.5 Å². The van der Waals surface area contributed by atoms with Gasteiger partial charge in [0, 0.05) is 50.3 Å². The highest BCUT2D eigenvalue weighted by atomic mass is 16.7. The third-order valence-corrected chi connectivity index (χ3v) is 12.4. The Balaban J connectivity index is 0.958. The van der Waals surface area contributed by atoms with Crippen LogP contribution in [0.4, 0.5) is 5.69 Å². The Bertz CT molecular complexity index is 1630. The molecule has 6 rings (SSSR count). The number of aliphatic hydroxyl groups excluding tert-OH is 1. The van der Waals surface area contributed by atoms with Crippen molar-refractivity contribution < 1.29 is 24.2 Å². The number of amides is 2. The molecule has 2 amide bonds. The summed E-state index contributed by atoms with van der Waals surface area (Å²) < 4.78 is 13.3. The maximum absolute atomic E-state index is 13.3. The fourth-order valence-corrected chi connectivity index (χ4v) is 8.84. The molecule has 3 N–H and O–H groups in total. The molecule has 310 valence electrons. The number of hydrogen-bond acceptors (Lipinski definition) is 7. The topological polar surface area (TPSA) is 103 Å². The van der Waals surface area contributed by atoms with Gasteiger partial charge in [0.15, 0.2) is 6.29 Å². The van der Waals surface area contributed by atoms with Crippen LogP contribution >= 0.6 is 0 Å². The second-order valence-corrected chi connectivity index (χ2v) is 16.6. The molecule has 3 unspecified atom stereocenters. The molecule has 3 saturated heterocycles. The van der Waals surface area contributed by atoms with Crippen molar-refractivity contribution in [1.82, 2.24) is 15.5 Å². The summed E-state index contributed by atoms with van der Waals surface area (Å²) >= 11 is 0. The highest BCUT2D eigenvalue weighted by Gasteiger charge is 2.50. The van der Waals surface area contributed by atoms with E-state index in [0.29, 0.717) is 26.1 Å². The maximum atomic E-state index is 13.3. The molecule has 3 aliphatic heterocycles. The van der Waals surface area contributed by atoms with E-state index in [1.165, 1.54) is 70.6 Å². The van der Waals surface area contributed by atoms with Crippen molar-refractivity contribution in [2.75, 3.05) is 31.2 Å². The Labute approximate surface area is 341 Å². The average molecular weight is 781 g/mol. The van der Waals surface area contributed by atoms with E-state index in [0.717, 1.165) is 73.3 Å². The zero-order valence-corrected chi connectivity index (χ0v) is 34.5. The van der Waals surface area contributed by atoms with Gasteiger partial charge in [-0.05, 0) is 48.1 Å². The third-order valence-electron chi connectivity index (χ3n) is 12.4. The van der Waals surface area contributed by atoms with E-state index in [-0.39, 0.29) is 30.6 Å². The van der Waals surface area contributed by atoms with Crippen LogP contribution in [0.15, 0.2) is 78.9 Å². The van der Waals surface area contributed by atoms with Crippen LogP contribution in [0, 0.1) is 0 Å². The molecule has 3 fully saturated rings. The van der Waals surface area contributed by atoms with Crippen molar-refractivity contribution in [2.24, 2.45) is 0 Å². The number of aliphatic hydroxyl groups is 1. The van der Waals surface area contributed by atoms with Gasteiger partial charge < -0.3 is 35.0 Å². The van der Waals surface area contributed by atoms with Crippen LogP contribution in [0.5, 0.6) is 0 Å². The molecule has 3 atom stereocenters. The van der Waals surface area contributed by atoms with E-state index in [4.69, 9.17) is 9.47 Å². The number of anilines is 1. The lowest BCUT2D eigenvalue weighted by Crippen LogP contribution is -2.57. The average Bonchev–Trinajstić information content (AvgIpc) is 3.57. The molecular formula is C48H68N4O5. The fraction of sp³-hybridized carbons (Fsp3) is 0.583. The maximum Gasteiger partial charge on any atom is 0.247 e. The molecular weight excluding hydrogens is 713 g/mol. The molecule has 3 heterocycles. The zero-order chi connectivity index (χ0) is 39.7. The van der Waals surface area contributed by atoms with Gasteiger partial charge in [-0.1, -0.05) is 151 Å². The SMILES string of the molecule is CCCCCCCCCCCCCCCC(=O)NCc1ccc(C2OC(CN3CCC4(CC3)C(=O)NCN4c3ccccc3)CC(c3ccc(CO)cc3)O2)cc1. The van der Waals surface area contributed by atoms with E-state index in [1.54, 1.807) is 0 Å². The van der Waals surface area contributed by atoms with Crippen LogP contribution in [0.1, 0.15) is 151 Å². The number of nitrogens with zero attached hydrogens (tertiary/aromatic N) is 2. The predicted molar refractivity (Wildman–Crippen MR) is 227 cm³/mol. The number of likely N-dealkylation sites (tertiary alicyclic amines) is 1. The summed E-state index contributed by atoms with van der Waals surface area (Å²) in [5, 5.41) is 15.9. The lowest BCUT2D eigenvalue weighted by Gasteiger charge is -2.45. The second-order valence-electron chi connectivity index (χ2n) is 16.6. The number of carbonyl (C=O) groups excluding carboxylic acids is 2. The second kappa shape index (κ2) is 22.4. The van der Waals surface area contributed by atoms with Crippen molar-refractivity contribution in [3.05, 3.63) is 101 Å². The molecule has 0 radical (unpaired) electrons. The fourth-order valence-electron chi connectivity index (χ4n) is 8.84. The van der Waals surface area contributed by atoms with Crippen molar-refractivity contribution in [2.45, 2.75) is 153 Å². The van der Waals surface area contributed by atoms with E-state index < -0.39 is 11.8 Å². The van der Waals surface area contributed by atoms with Gasteiger partial charge in [-0.25, -0.2) is 0 Å². The number of ether oxygens (including phenoxy) is 2. The van der Waals surface area contributed by atoms with Gasteiger partial charge in [0.1, 0.15) is 5.54 Å². The van der Waals surface area contributed by atoms with Crippen molar-refractivity contribution in [3.8, 4) is 0 Å². The van der Waals surface area contributed by atoms with Gasteiger partial charge in [0.05, 0.1) is 25.5 Å². The van der Waals surface area contributed by atoms with Gasteiger partial charge in [-0.15, -0.1) is 0 Å². The van der Waals surface area contributed by atoms with Crippen LogP contribution in [-0.4, -0.2) is 59.8 Å². The molecule has 9 nitrogen and oxygen atoms in total. The first-order chi connectivity index (χ1) is 28.0. The van der Waals surface area contributed by atoms with Crippen molar-refractivity contribution in [1.29, 1.82) is 0 Å². The van der Waals surface area contributed by atoms with E-state index in [9.17, 15) is 14.7 Å². The number of hydrogen-bond donors (Lipinski definition) is 3. The molecule has 9 heteroatoms. The molecule has 0 aliphatic carbocycles. The molecule has 1 spiro atoms. The third kappa shape index (κ3) is 12.4. The van der Waals surface area contributed by atoms with Crippen LogP contribution in [0.2, 0.25) is 0 Å². The van der Waals surface area contributed by atoms with Gasteiger partial charge in [-0.2, -0.15) is 0 Å². The predicted octanol–water partition coefficient (Wildman–Crippen LogP) is 9.25. The smallest absolute Gasteiger partial charge is 0.247 e. The molecule has 57 heavy (non-hydrogen) atoms. The summed E-state index contributed by atoms with van der Waals surface area (Å²) in [5.74, 6) is 0.238. The Hall–Kier alpha value is -3.76. The lowest BCUT2D eigenvalue weighted by molar-refractivity contribution is -0.253. The minimum Gasteiger partial charge on any atom is -0.392 e. The highest BCUT2D eigenvalue weighted by Crippen LogP contribution is 2.40. The summed E-state index contributed by atoms with van der Waals surface area (Å²) in [6, 6.07) is 26.4. The van der Waals surface area contributed by atoms with Crippen LogP contribution < -0.4 is 15.5 Å². The van der Waals surface area contributed by atoms with Gasteiger partial charge in [0.25, 0.3) is 0 Å². The van der Waals surface area contributed by atoms with Gasteiger partial charge in [-0.3, -0.25) is 9.59 Å². The molecule has 3 aliphatic rings. The number of para-hydroxylation sites is 1. The molecule has 0 bridgehead atoms. The Morgan fingerprint density at radius 2 is 1.37 bits per heavy atom. The Morgan fingerprint density at radius 1 is 0.772 bits per heavy atom. The van der Waals surface area contributed by atoms with Crippen LogP contribution in [-0.2, 0) is 32.2 Å². The molecule has 3 aromatic rings. The van der Waals surface area contributed by atoms with Crippen LogP contribution in [0.3, 0.4) is 0 Å². The largest absolute Gasteiger partial charge is 0.392 e. The monoisotopic (exact) mass is 781 g/mol. The number of rotatable bonds is 22. The first kappa shape index (κ1) is 42.8. The molecule has 0 aromatic heterocycles. The van der Waals surface area contributed by atoms with Gasteiger partial charge in [0.2, 0.25) is 11.8 Å². The number of nitrogens with one attached hydrogen (secondary N) is 2. The van der Waals surface area contributed by atoms with Gasteiger partial charge >= 0.3 is 0 Å². The number of piperidine rings is 1. The normalized spacial score (nSPS) is 20.8. The van der Waals surface area contributed by atoms with Crippen molar-refractivity contribution in [3.63, 3.8) is 0 Å². The quantitative estimate of drug-likeness (QED) is 0.0874. The minimum absolute atomic E-state index is 0.00256. The summed E-state index contributed by atoms with van der Waals surface area (Å²) in [7, 11) is 0. The lowest BCUT2D eigenvalue weighted by atomic mass is 9.85. The molecule has 3 aromatic carbocycles. The highest BCUT2D eigenvalue weighted by molar-refractivity contribution is 5.93. The molecule has 0 saturated carbocycles. The summed E-state index contributed by atoms with van der Waals surface area (Å²) in [5.41, 5.74) is 4.47. The summed E-state index contributed by atoms with van der Waals surface area (Å²) in [4.78, 5) is 30.6. The zero-order valence-electron chi connectivity index (χ0n) is 34.5. The first-order valence-corrected chi connectivity index (χ1v) is 22.2. The number of unbranched alkanes of at least 4 members (excludes halogenated alkanes) is 12. The van der Waals surface area contributed by atoms with E-state index in [2.05, 4.69) is 63.8 Å². The van der Waals surface area contributed by atoms with Crippen LogP contribution in [0.25, 0.3) is 0 Å². The number of benzene rings is 3. The minimum atomic E-state index is -0.546. The Morgan fingerprint density at radius 3 is 2.00 bits per heavy atom. The number of carbonyl (C=O) groups is 2.